The fraction of sp³-hybridized carbons (Fsp3) is 0.500. The quantitative estimate of drug-likeness (QED) is 0.792. The van der Waals surface area contributed by atoms with Gasteiger partial charge in [-0.15, -0.1) is 12.4 Å². The first kappa shape index (κ1) is 19.4. The van der Waals surface area contributed by atoms with E-state index in [1.807, 2.05) is 0 Å². The van der Waals surface area contributed by atoms with Crippen molar-refractivity contribution in [1.29, 1.82) is 0 Å². The molecule has 0 saturated carbocycles. The van der Waals surface area contributed by atoms with Crippen molar-refractivity contribution in [1.82, 2.24) is 15.5 Å². The first-order chi connectivity index (χ1) is 11.5. The lowest BCUT2D eigenvalue weighted by molar-refractivity contribution is -0.139. The SMILES string of the molecule is CC1CNCCC1NC(=O)c1ccc(CN2C(=O)CCC2=O)cc1.Cl. The summed E-state index contributed by atoms with van der Waals surface area (Å²) in [6.45, 7) is 4.25. The first-order valence-corrected chi connectivity index (χ1v) is 8.48. The highest BCUT2D eigenvalue weighted by molar-refractivity contribution is 6.01. The summed E-state index contributed by atoms with van der Waals surface area (Å²) in [4.78, 5) is 37.0. The highest BCUT2D eigenvalue weighted by Crippen LogP contribution is 2.17. The molecule has 2 N–H and O–H groups in total. The van der Waals surface area contributed by atoms with Gasteiger partial charge in [0.05, 0.1) is 6.54 Å². The molecule has 1 aromatic rings. The number of nitrogens with one attached hydrogen (secondary N) is 2. The fourth-order valence-corrected chi connectivity index (χ4v) is 3.22. The lowest BCUT2D eigenvalue weighted by Crippen LogP contribution is -2.48. The minimum absolute atomic E-state index is 0. The number of benzene rings is 1. The molecule has 3 rings (SSSR count). The Morgan fingerprint density at radius 3 is 2.44 bits per heavy atom. The van der Waals surface area contributed by atoms with Gasteiger partial charge in [-0.2, -0.15) is 0 Å². The van der Waals surface area contributed by atoms with Crippen LogP contribution in [0.4, 0.5) is 0 Å². The van der Waals surface area contributed by atoms with Gasteiger partial charge in [0.1, 0.15) is 0 Å². The van der Waals surface area contributed by atoms with Crippen molar-refractivity contribution in [2.75, 3.05) is 13.1 Å². The van der Waals surface area contributed by atoms with Crippen LogP contribution in [0, 0.1) is 5.92 Å². The Labute approximate surface area is 153 Å². The maximum Gasteiger partial charge on any atom is 0.251 e. The second kappa shape index (κ2) is 8.45. The van der Waals surface area contributed by atoms with Crippen LogP contribution in [0.2, 0.25) is 0 Å². The zero-order valence-corrected chi connectivity index (χ0v) is 15.1. The molecule has 0 radical (unpaired) electrons. The van der Waals surface area contributed by atoms with Crippen molar-refractivity contribution in [2.45, 2.75) is 38.8 Å². The number of hydrogen-bond acceptors (Lipinski definition) is 4. The van der Waals surface area contributed by atoms with E-state index in [1.165, 1.54) is 4.90 Å². The number of rotatable bonds is 4. The van der Waals surface area contributed by atoms with Gasteiger partial charge in [0.25, 0.3) is 5.91 Å². The van der Waals surface area contributed by atoms with E-state index >= 15 is 0 Å². The van der Waals surface area contributed by atoms with Crippen LogP contribution in [0.3, 0.4) is 0 Å². The molecule has 1 aromatic carbocycles. The molecule has 7 heteroatoms. The van der Waals surface area contributed by atoms with E-state index in [0.717, 1.165) is 25.1 Å². The van der Waals surface area contributed by atoms with Crippen LogP contribution >= 0.6 is 12.4 Å². The van der Waals surface area contributed by atoms with Crippen LogP contribution < -0.4 is 10.6 Å². The number of carbonyl (C=O) groups is 3. The van der Waals surface area contributed by atoms with Gasteiger partial charge in [-0.25, -0.2) is 0 Å². The molecule has 0 spiro atoms. The number of hydrogen-bond donors (Lipinski definition) is 2. The van der Waals surface area contributed by atoms with Gasteiger partial charge in [0.15, 0.2) is 0 Å². The largest absolute Gasteiger partial charge is 0.349 e. The van der Waals surface area contributed by atoms with E-state index in [0.29, 0.717) is 24.3 Å². The molecule has 3 amide bonds. The number of likely N-dealkylation sites (tertiary alicyclic amines) is 1. The Morgan fingerprint density at radius 1 is 1.20 bits per heavy atom. The number of halogens is 1. The van der Waals surface area contributed by atoms with Gasteiger partial charge in [-0.05, 0) is 43.1 Å². The van der Waals surface area contributed by atoms with Crippen LogP contribution in [0.25, 0.3) is 0 Å². The third kappa shape index (κ3) is 4.58. The third-order valence-corrected chi connectivity index (χ3v) is 4.81. The van der Waals surface area contributed by atoms with Crippen LogP contribution in [0.15, 0.2) is 24.3 Å². The summed E-state index contributed by atoms with van der Waals surface area (Å²) < 4.78 is 0. The van der Waals surface area contributed by atoms with Crippen LogP contribution in [0.5, 0.6) is 0 Å². The van der Waals surface area contributed by atoms with Gasteiger partial charge < -0.3 is 10.6 Å². The van der Waals surface area contributed by atoms with Gasteiger partial charge in [-0.1, -0.05) is 19.1 Å². The van der Waals surface area contributed by atoms with Crippen molar-refractivity contribution in [2.24, 2.45) is 5.92 Å². The monoisotopic (exact) mass is 365 g/mol. The predicted octanol–water partition coefficient (Wildman–Crippen LogP) is 1.49. The van der Waals surface area contributed by atoms with E-state index in [2.05, 4.69) is 17.6 Å². The average Bonchev–Trinajstić information content (AvgIpc) is 2.89. The minimum Gasteiger partial charge on any atom is -0.349 e. The molecule has 25 heavy (non-hydrogen) atoms. The third-order valence-electron chi connectivity index (χ3n) is 4.81. The lowest BCUT2D eigenvalue weighted by atomic mass is 9.95. The molecule has 2 unspecified atom stereocenters. The predicted molar refractivity (Wildman–Crippen MR) is 96.4 cm³/mol. The van der Waals surface area contributed by atoms with Gasteiger partial charge >= 0.3 is 0 Å². The van der Waals surface area contributed by atoms with Gasteiger partial charge in [0.2, 0.25) is 11.8 Å². The highest BCUT2D eigenvalue weighted by Gasteiger charge is 2.28. The number of piperidine rings is 1. The summed E-state index contributed by atoms with van der Waals surface area (Å²) in [5.41, 5.74) is 1.45. The summed E-state index contributed by atoms with van der Waals surface area (Å²) in [7, 11) is 0. The number of amides is 3. The van der Waals surface area contributed by atoms with Crippen LogP contribution in [-0.2, 0) is 16.1 Å². The summed E-state index contributed by atoms with van der Waals surface area (Å²) in [6.07, 6.45) is 1.53. The zero-order chi connectivity index (χ0) is 17.1. The van der Waals surface area contributed by atoms with Crippen LogP contribution in [-0.4, -0.2) is 41.8 Å². The molecule has 2 fully saturated rings. The van der Waals surface area contributed by atoms with Gasteiger partial charge in [0, 0.05) is 24.4 Å². The maximum atomic E-state index is 12.4. The molecule has 6 nitrogen and oxygen atoms in total. The zero-order valence-electron chi connectivity index (χ0n) is 14.3. The molecule has 2 aliphatic rings. The Morgan fingerprint density at radius 2 is 1.84 bits per heavy atom. The molecular weight excluding hydrogens is 342 g/mol. The molecule has 0 bridgehead atoms. The molecule has 0 aromatic heterocycles. The molecule has 0 aliphatic carbocycles. The average molecular weight is 366 g/mol. The Kier molecular flexibility index (Phi) is 6.56. The summed E-state index contributed by atoms with van der Waals surface area (Å²) >= 11 is 0. The molecule has 2 saturated heterocycles. The number of imide groups is 1. The summed E-state index contributed by atoms with van der Waals surface area (Å²) in [5, 5.41) is 6.41. The van der Waals surface area contributed by atoms with E-state index in [4.69, 9.17) is 0 Å². The van der Waals surface area contributed by atoms with Gasteiger partial charge in [-0.3, -0.25) is 19.3 Å². The normalized spacial score (nSPS) is 23.3. The summed E-state index contributed by atoms with van der Waals surface area (Å²) in [5.74, 6) is 0.0891. The molecule has 2 heterocycles. The van der Waals surface area contributed by atoms with Crippen molar-refractivity contribution in [3.8, 4) is 0 Å². The second-order valence-electron chi connectivity index (χ2n) is 6.62. The minimum atomic E-state index is -0.123. The van der Waals surface area contributed by atoms with Crippen LogP contribution in [0.1, 0.15) is 42.1 Å². The molecule has 2 atom stereocenters. The number of carbonyl (C=O) groups excluding carboxylic acids is 3. The lowest BCUT2D eigenvalue weighted by Gasteiger charge is -2.30. The van der Waals surface area contributed by atoms with E-state index in [1.54, 1.807) is 24.3 Å². The second-order valence-corrected chi connectivity index (χ2v) is 6.62. The van der Waals surface area contributed by atoms with Crippen molar-refractivity contribution in [3.63, 3.8) is 0 Å². The standard InChI is InChI=1S/C18H23N3O3.ClH/c1-12-10-19-9-8-15(12)20-18(24)14-4-2-13(3-5-14)11-21-16(22)6-7-17(21)23;/h2-5,12,15,19H,6-11H2,1H3,(H,20,24);1H. The van der Waals surface area contributed by atoms with Crippen molar-refractivity contribution < 1.29 is 14.4 Å². The summed E-state index contributed by atoms with van der Waals surface area (Å²) in [6, 6.07) is 7.31. The molecular formula is C18H24ClN3O3. The van der Waals surface area contributed by atoms with Crippen molar-refractivity contribution in [3.05, 3.63) is 35.4 Å². The fourth-order valence-electron chi connectivity index (χ4n) is 3.22. The van der Waals surface area contributed by atoms with E-state index in [-0.39, 0.29) is 42.7 Å². The Balaban J connectivity index is 0.00000225. The van der Waals surface area contributed by atoms with E-state index < -0.39 is 0 Å². The maximum absolute atomic E-state index is 12.4. The first-order valence-electron chi connectivity index (χ1n) is 8.48. The smallest absolute Gasteiger partial charge is 0.251 e. The Bertz CT molecular complexity index is 631. The van der Waals surface area contributed by atoms with E-state index in [9.17, 15) is 14.4 Å². The molecule has 136 valence electrons. The highest BCUT2D eigenvalue weighted by atomic mass is 35.5. The number of nitrogens with zero attached hydrogens (tertiary/aromatic N) is 1. The Hall–Kier alpha value is -1.92. The molecule has 2 aliphatic heterocycles. The topological polar surface area (TPSA) is 78.5 Å². The van der Waals surface area contributed by atoms with Crippen molar-refractivity contribution >= 4 is 30.1 Å².